The fourth-order valence-corrected chi connectivity index (χ4v) is 19.1. The normalized spacial score (nSPS) is 14.9. The quantitative estimate of drug-likeness (QED) is 0.0117. The Kier molecular flexibility index (Phi) is 33.9. The highest BCUT2D eigenvalue weighted by Gasteiger charge is 2.33. The van der Waals surface area contributed by atoms with Crippen LogP contribution in [0.2, 0.25) is 10.0 Å². The number of aldehydes is 1. The first-order valence-electron chi connectivity index (χ1n) is 36.0. The van der Waals surface area contributed by atoms with E-state index in [0.29, 0.717) is 54.6 Å². The second kappa shape index (κ2) is 42.8. The molecule has 0 saturated heterocycles. The topological polar surface area (TPSA) is 276 Å². The number of aryl methyl sites for hydroxylation is 3. The van der Waals surface area contributed by atoms with Crippen LogP contribution >= 0.6 is 69.4 Å². The third-order valence-electron chi connectivity index (χ3n) is 18.1. The van der Waals surface area contributed by atoms with E-state index in [1.807, 2.05) is 109 Å². The summed E-state index contributed by atoms with van der Waals surface area (Å²) in [7, 11) is -8.64. The van der Waals surface area contributed by atoms with Crippen molar-refractivity contribution >= 4 is 195 Å². The average molecular weight is 1700 g/mol. The van der Waals surface area contributed by atoms with Gasteiger partial charge in [0.25, 0.3) is 10.0 Å². The SMILES string of the molecule is CCC(=Cc1sc2ccc(Cl)cc2[n+]1CCCS(=O)(=O)[O-])C=C1Sc2ccc(Cl)cc2[NH+]1CCCOS(=O)O.CCC(=Cc1sc2ccc3ccccc3c2[n+]1CCCS(=O)(=O)[O-])C=C1Sc2ccc3ccccc3c2N1CCCOS(=O)O.CCN(CC)CC.Cc1ccc2c(C=O)cccc2c1O.c1ccncc1. The number of fused-ring (bicyclic) bond motifs is 9. The van der Waals surface area contributed by atoms with E-state index in [1.165, 1.54) is 19.6 Å². The molecule has 0 aliphatic carbocycles. The summed E-state index contributed by atoms with van der Waals surface area (Å²) in [5.41, 5.74) is 7.66. The molecule has 4 N–H and O–H groups in total. The van der Waals surface area contributed by atoms with E-state index in [9.17, 15) is 44.3 Å². The van der Waals surface area contributed by atoms with Crippen molar-refractivity contribution in [2.45, 2.75) is 103 Å². The van der Waals surface area contributed by atoms with Crippen molar-refractivity contribution in [3.05, 3.63) is 235 Å². The summed E-state index contributed by atoms with van der Waals surface area (Å²) in [4.78, 5) is 22.5. The predicted molar refractivity (Wildman–Crippen MR) is 454 cm³/mol. The fourth-order valence-electron chi connectivity index (χ4n) is 12.6. The van der Waals surface area contributed by atoms with Crippen LogP contribution < -0.4 is 18.9 Å². The van der Waals surface area contributed by atoms with Crippen LogP contribution in [0.3, 0.4) is 0 Å². The lowest BCUT2D eigenvalue weighted by Gasteiger charge is -2.22. The molecule has 8 aromatic carbocycles. The summed E-state index contributed by atoms with van der Waals surface area (Å²) in [6.07, 6.45) is 15.9. The Labute approximate surface area is 680 Å². The first kappa shape index (κ1) is 87.8. The molecule has 0 saturated carbocycles. The van der Waals surface area contributed by atoms with E-state index in [2.05, 4.69) is 127 Å². The van der Waals surface area contributed by atoms with Gasteiger partial charge in [-0.1, -0.05) is 183 Å². The van der Waals surface area contributed by atoms with Crippen LogP contribution in [0.1, 0.15) is 99.1 Å². The van der Waals surface area contributed by atoms with Gasteiger partial charge in [-0.3, -0.25) is 32.2 Å². The van der Waals surface area contributed by atoms with Gasteiger partial charge in [0.15, 0.2) is 30.1 Å². The monoisotopic (exact) mass is 1700 g/mol. The van der Waals surface area contributed by atoms with Crippen molar-refractivity contribution in [3.8, 4) is 5.75 Å². The molecule has 13 rings (SSSR count). The number of hydrogen-bond acceptors (Lipinski definition) is 19. The number of phenolic OH excluding ortho intramolecular Hbond substituents is 1. The largest absolute Gasteiger partial charge is 0.748 e. The van der Waals surface area contributed by atoms with Gasteiger partial charge in [0.1, 0.15) is 15.1 Å². The number of hydrogen-bond donors (Lipinski definition) is 4. The first-order valence-corrected chi connectivity index (χ1v) is 45.3. The molecule has 3 unspecified atom stereocenters. The van der Waals surface area contributed by atoms with Gasteiger partial charge in [0, 0.05) is 111 Å². The van der Waals surface area contributed by atoms with Crippen LogP contribution in [0, 0.1) is 6.92 Å². The first-order chi connectivity index (χ1) is 53.3. The summed E-state index contributed by atoms with van der Waals surface area (Å²) < 4.78 is 124. The zero-order chi connectivity index (χ0) is 79.8. The van der Waals surface area contributed by atoms with Crippen LogP contribution in [-0.4, -0.2) is 122 Å². The molecule has 3 aromatic heterocycles. The van der Waals surface area contributed by atoms with Crippen molar-refractivity contribution < 1.29 is 75.8 Å². The van der Waals surface area contributed by atoms with Gasteiger partial charge < -0.3 is 24.0 Å². The Morgan fingerprint density at radius 2 is 1.19 bits per heavy atom. The van der Waals surface area contributed by atoms with Crippen molar-refractivity contribution in [3.63, 3.8) is 0 Å². The average Bonchev–Trinajstić information content (AvgIpc) is 1.64. The number of anilines is 1. The molecule has 11 aromatic rings. The third-order valence-corrected chi connectivity index (χ3v) is 25.3. The molecule has 20 nitrogen and oxygen atoms in total. The van der Waals surface area contributed by atoms with Crippen LogP contribution in [-0.2, 0) is 64.4 Å². The Balaban J connectivity index is 0.000000192. The number of carbonyl (C=O) groups is 1. The van der Waals surface area contributed by atoms with E-state index >= 15 is 0 Å². The number of quaternary nitrogens is 1. The molecule has 0 bridgehead atoms. The standard InChI is InChI=1S/C33H32N2O6S4.C25H26Cl2N2O6S4.C12H10O2.C6H15N.C5H5N/c1-2-23(21-30-34(17-7-19-41-44(36)37)32-26-11-5-3-9-24(26)13-15-28(32)42-30)22-31-35(18-8-20-45(38,39)40)33-27-12-6-4-10-25(27)14-16-29(33)43-31;1-2-17(13-24-28(9-3-11-35-38(30)31)20-15-18(26)5-7-22(20)36-24)14-25-29(10-4-12-39(32,33)34)21-16-19(27)6-8-23(21)37-25;1-8-5-6-10-9(7-13)3-2-4-11(10)12(8)14;1-4-7(5-2)6-3;1-2-4-6-5-3-1/h3-6,9-16,21-22H,2,7-8,17-20H2,1H3,(H-,36,37,38,39,40);5-8,13-16H,2-4,9-12H2,1H3,(H-,30,31,32,33,34);2-7,14H,1H3;4-6H2,1-3H3;1-5H/p+1. The summed E-state index contributed by atoms with van der Waals surface area (Å²) >= 11 is 14.5. The molecular weight excluding hydrogens is 1610 g/mol. The van der Waals surface area contributed by atoms with Crippen LogP contribution in [0.5, 0.6) is 5.75 Å². The van der Waals surface area contributed by atoms with E-state index in [1.54, 1.807) is 70.7 Å². The van der Waals surface area contributed by atoms with Gasteiger partial charge in [-0.2, -0.15) is 17.6 Å². The van der Waals surface area contributed by atoms with Crippen LogP contribution in [0.25, 0.3) is 64.9 Å². The minimum absolute atomic E-state index is 0.153. The lowest BCUT2D eigenvalue weighted by molar-refractivity contribution is -0.780. The highest BCUT2D eigenvalue weighted by atomic mass is 35.5. The van der Waals surface area contributed by atoms with Gasteiger partial charge in [0.05, 0.1) is 61.0 Å². The van der Waals surface area contributed by atoms with E-state index < -0.39 is 54.5 Å². The van der Waals surface area contributed by atoms with Gasteiger partial charge in [-0.15, -0.1) is 0 Å². The molecule has 0 radical (unpaired) electrons. The van der Waals surface area contributed by atoms with Crippen molar-refractivity contribution in [1.29, 1.82) is 0 Å². The number of phenols is 1. The van der Waals surface area contributed by atoms with Gasteiger partial charge in [-0.25, -0.2) is 16.8 Å². The molecule has 0 fully saturated rings. The zero-order valence-corrected chi connectivity index (χ0v) is 70.2. The zero-order valence-electron chi connectivity index (χ0n) is 62.2. The highest BCUT2D eigenvalue weighted by Crippen LogP contribution is 2.50. The van der Waals surface area contributed by atoms with E-state index in [4.69, 9.17) is 40.7 Å². The Morgan fingerprint density at radius 3 is 1.80 bits per heavy atom. The maximum Gasteiger partial charge on any atom is 0.301 e. The number of aromatic hydroxyl groups is 1. The summed E-state index contributed by atoms with van der Waals surface area (Å²) in [6, 6.07) is 51.0. The van der Waals surface area contributed by atoms with Crippen molar-refractivity contribution in [2.75, 3.05) is 62.3 Å². The number of thioether (sulfide) groups is 2. The minimum atomic E-state index is -4.32. The number of thiazole rings is 2. The third kappa shape index (κ3) is 25.2. The maximum absolute atomic E-state index is 11.4. The van der Waals surface area contributed by atoms with Crippen molar-refractivity contribution in [1.82, 2.24) is 9.88 Å². The Bertz CT molecular complexity index is 5440. The molecule has 3 atom stereocenters. The van der Waals surface area contributed by atoms with E-state index in [-0.39, 0.29) is 31.8 Å². The Morgan fingerprint density at radius 1 is 0.622 bits per heavy atom. The Hall–Kier alpha value is -7.14. The molecule has 30 heteroatoms. The number of nitrogens with one attached hydrogen (secondary N) is 1. The second-order valence-electron chi connectivity index (χ2n) is 25.4. The van der Waals surface area contributed by atoms with Crippen LogP contribution in [0.4, 0.5) is 11.4 Å². The number of pyridine rings is 1. The predicted octanol–water partition coefficient (Wildman–Crippen LogP) is 17.2. The number of nitrogens with zero attached hydrogens (tertiary/aromatic N) is 5. The summed E-state index contributed by atoms with van der Waals surface area (Å²) in [5, 5.41) is 21.0. The number of rotatable bonds is 28. The molecule has 111 heavy (non-hydrogen) atoms. The van der Waals surface area contributed by atoms with Crippen LogP contribution in [0.15, 0.2) is 213 Å². The second-order valence-corrected chi connectivity index (χ2v) is 34.9. The number of carbonyl (C=O) groups excluding carboxylic acids is 1. The molecule has 5 heterocycles. The molecular formula is C81H89Cl2N6O14S8+. The highest BCUT2D eigenvalue weighted by molar-refractivity contribution is 8.03. The minimum Gasteiger partial charge on any atom is -0.748 e. The van der Waals surface area contributed by atoms with Gasteiger partial charge in [-0.05, 0) is 151 Å². The lowest BCUT2D eigenvalue weighted by Crippen LogP contribution is -3.03. The molecule has 588 valence electrons. The number of allylic oxidation sites excluding steroid dienone is 4. The lowest BCUT2D eigenvalue weighted by atomic mass is 10.0. The smallest absolute Gasteiger partial charge is 0.301 e. The van der Waals surface area contributed by atoms with Crippen molar-refractivity contribution in [2.24, 2.45) is 0 Å². The summed E-state index contributed by atoms with van der Waals surface area (Å²) in [5.74, 6) is -0.595. The number of aromatic nitrogens is 3. The number of halogens is 2. The molecule has 0 spiro atoms. The number of benzene rings is 8. The summed E-state index contributed by atoms with van der Waals surface area (Å²) in [6.45, 7) is 18.5. The maximum atomic E-state index is 11.4. The van der Waals surface area contributed by atoms with E-state index in [0.717, 1.165) is 135 Å². The van der Waals surface area contributed by atoms with Gasteiger partial charge in [0.2, 0.25) is 11.0 Å². The molecule has 2 aliphatic rings. The molecule has 2 aliphatic heterocycles. The molecule has 0 amide bonds. The van der Waals surface area contributed by atoms with Gasteiger partial charge >= 0.3 is 22.7 Å². The fraction of sp³-hybridized carbons (Fsp3) is 0.284.